The molecular formula is C69H51NO. The normalized spacial score (nSPS) is 12.4. The molecule has 2 nitrogen and oxygen atoms in total. The Hall–Kier alpha value is -8.98. The number of allylic oxidation sites excluding steroid dienone is 6. The van der Waals surface area contributed by atoms with E-state index >= 15 is 0 Å². The van der Waals surface area contributed by atoms with Gasteiger partial charge in [-0.05, 0) is 123 Å². The minimum Gasteiger partial charge on any atom is -0.455 e. The van der Waals surface area contributed by atoms with Crippen LogP contribution in [-0.2, 0) is 6.42 Å². The fraction of sp³-hybridized carbons (Fsp3) is 0.0435. The van der Waals surface area contributed by atoms with E-state index in [4.69, 9.17) is 4.42 Å². The van der Waals surface area contributed by atoms with E-state index in [2.05, 4.69) is 266 Å². The van der Waals surface area contributed by atoms with Crippen LogP contribution in [0.25, 0.3) is 99.5 Å². The summed E-state index contributed by atoms with van der Waals surface area (Å²) in [6.45, 7) is 2.23. The Balaban J connectivity index is 0.000000147. The van der Waals surface area contributed by atoms with Crippen molar-refractivity contribution in [2.75, 3.05) is 0 Å². The topological polar surface area (TPSA) is 18.1 Å². The lowest BCUT2D eigenvalue weighted by Crippen LogP contribution is -1.95. The molecule has 10 aromatic carbocycles. The average molecular weight is 910 g/mol. The van der Waals surface area contributed by atoms with E-state index in [1.54, 1.807) is 0 Å². The lowest BCUT2D eigenvalue weighted by atomic mass is 9.87. The Kier molecular flexibility index (Phi) is 11.7. The van der Waals surface area contributed by atoms with Gasteiger partial charge in [-0.25, -0.2) is 0 Å². The summed E-state index contributed by atoms with van der Waals surface area (Å²) in [5, 5.41) is 4.90. The standard InChI is InChI=1S/C37H27N.C32H24O/c1-26-24-30(27-12-4-2-5-13-27)25-34(37(26)29-14-6-3-7-15-29)28-20-22-31(23-21-28)38-35-18-10-8-16-32(35)33-17-9-11-19-36(33)38;1-2-9-25(10-3-1)26-11-6-8-23(16-19-26)22-24-17-20-27(21-18-24)28-13-7-14-30-29-12-4-5-15-31(29)33-32(28)30/h2-25H,1H3;1-5,7-21H,6,22H2. The third kappa shape index (κ3) is 8.62. The Morgan fingerprint density at radius 2 is 0.972 bits per heavy atom. The molecule has 0 aliphatic heterocycles. The van der Waals surface area contributed by atoms with Crippen LogP contribution in [0.3, 0.4) is 0 Å². The molecule has 0 N–H and O–H groups in total. The Morgan fingerprint density at radius 3 is 1.66 bits per heavy atom. The zero-order chi connectivity index (χ0) is 47.5. The Morgan fingerprint density at radius 1 is 0.408 bits per heavy atom. The summed E-state index contributed by atoms with van der Waals surface area (Å²) >= 11 is 0. The lowest BCUT2D eigenvalue weighted by molar-refractivity contribution is 0.670. The second-order valence-electron chi connectivity index (χ2n) is 18.4. The molecule has 12 aromatic rings. The van der Waals surface area contributed by atoms with E-state index in [-0.39, 0.29) is 0 Å². The smallest absolute Gasteiger partial charge is 0.143 e. The van der Waals surface area contributed by atoms with E-state index in [1.165, 1.54) is 105 Å². The number of para-hydroxylation sites is 4. The first-order valence-electron chi connectivity index (χ1n) is 24.6. The molecule has 0 unspecified atom stereocenters. The van der Waals surface area contributed by atoms with Gasteiger partial charge in [0, 0.05) is 32.8 Å². The van der Waals surface area contributed by atoms with Gasteiger partial charge in [-0.3, -0.25) is 0 Å². The highest BCUT2D eigenvalue weighted by Crippen LogP contribution is 2.40. The molecule has 0 saturated carbocycles. The average Bonchev–Trinajstić information content (AvgIpc) is 3.89. The highest BCUT2D eigenvalue weighted by atomic mass is 16.3. The van der Waals surface area contributed by atoms with Crippen LogP contribution in [0.5, 0.6) is 0 Å². The van der Waals surface area contributed by atoms with Crippen LogP contribution in [0.1, 0.15) is 23.1 Å². The van der Waals surface area contributed by atoms with Gasteiger partial charge in [0.1, 0.15) is 11.2 Å². The molecule has 0 fully saturated rings. The van der Waals surface area contributed by atoms with Crippen molar-refractivity contribution in [3.63, 3.8) is 0 Å². The maximum atomic E-state index is 6.23. The molecule has 0 spiro atoms. The molecule has 1 aliphatic rings. The maximum Gasteiger partial charge on any atom is 0.143 e. The summed E-state index contributed by atoms with van der Waals surface area (Å²) in [6, 6.07) is 86.6. The third-order valence-corrected chi connectivity index (χ3v) is 13.9. The van der Waals surface area contributed by atoms with Crippen LogP contribution in [-0.4, -0.2) is 4.57 Å². The predicted octanol–water partition coefficient (Wildman–Crippen LogP) is 18.9. The molecule has 0 amide bonds. The number of benzene rings is 10. The molecular weight excluding hydrogens is 859 g/mol. The van der Waals surface area contributed by atoms with E-state index in [0.717, 1.165) is 29.6 Å². The fourth-order valence-corrected chi connectivity index (χ4v) is 10.4. The van der Waals surface area contributed by atoms with Crippen LogP contribution in [0, 0.1) is 6.92 Å². The van der Waals surface area contributed by atoms with Gasteiger partial charge in [0.2, 0.25) is 0 Å². The molecule has 2 heteroatoms. The summed E-state index contributed by atoms with van der Waals surface area (Å²) in [7, 11) is 0. The first-order chi connectivity index (χ1) is 35.1. The molecule has 0 radical (unpaired) electrons. The summed E-state index contributed by atoms with van der Waals surface area (Å²) < 4.78 is 8.60. The highest BCUT2D eigenvalue weighted by Gasteiger charge is 2.16. The second-order valence-corrected chi connectivity index (χ2v) is 18.4. The predicted molar refractivity (Wildman–Crippen MR) is 301 cm³/mol. The van der Waals surface area contributed by atoms with Gasteiger partial charge in [0.05, 0.1) is 11.0 Å². The first-order valence-corrected chi connectivity index (χ1v) is 24.6. The van der Waals surface area contributed by atoms with Gasteiger partial charge in [0.25, 0.3) is 0 Å². The van der Waals surface area contributed by atoms with E-state index in [1.807, 2.05) is 12.1 Å². The number of hydrogen-bond donors (Lipinski definition) is 0. The monoisotopic (exact) mass is 909 g/mol. The van der Waals surface area contributed by atoms with Crippen molar-refractivity contribution in [1.29, 1.82) is 0 Å². The number of aromatic nitrogens is 1. The summed E-state index contributed by atoms with van der Waals surface area (Å²) in [6.07, 6.45) is 11.0. The third-order valence-electron chi connectivity index (χ3n) is 13.9. The van der Waals surface area contributed by atoms with Gasteiger partial charge < -0.3 is 8.98 Å². The largest absolute Gasteiger partial charge is 0.455 e. The van der Waals surface area contributed by atoms with Gasteiger partial charge in [-0.2, -0.15) is 0 Å². The number of fused-ring (bicyclic) bond motifs is 6. The van der Waals surface area contributed by atoms with E-state index < -0.39 is 0 Å². The Labute approximate surface area is 415 Å². The van der Waals surface area contributed by atoms with Crippen LogP contribution in [0.4, 0.5) is 0 Å². The van der Waals surface area contributed by atoms with Gasteiger partial charge >= 0.3 is 0 Å². The van der Waals surface area contributed by atoms with Crippen molar-refractivity contribution in [3.8, 4) is 50.2 Å². The molecule has 71 heavy (non-hydrogen) atoms. The fourth-order valence-electron chi connectivity index (χ4n) is 10.4. The van der Waals surface area contributed by atoms with Crippen LogP contribution in [0.2, 0.25) is 0 Å². The molecule has 2 aromatic heterocycles. The molecule has 13 rings (SSSR count). The zero-order valence-corrected chi connectivity index (χ0v) is 39.7. The number of hydrogen-bond acceptors (Lipinski definition) is 1. The minimum absolute atomic E-state index is 0.932. The molecule has 338 valence electrons. The molecule has 2 heterocycles. The maximum absolute atomic E-state index is 6.23. The minimum atomic E-state index is 0.932. The van der Waals surface area contributed by atoms with Crippen LogP contribution < -0.4 is 0 Å². The van der Waals surface area contributed by atoms with E-state index in [9.17, 15) is 0 Å². The van der Waals surface area contributed by atoms with Crippen LogP contribution in [0.15, 0.2) is 277 Å². The van der Waals surface area contributed by atoms with Gasteiger partial charge in [-0.1, -0.05) is 231 Å². The lowest BCUT2D eigenvalue weighted by Gasteiger charge is -2.17. The highest BCUT2D eigenvalue weighted by molar-refractivity contribution is 6.10. The molecule has 0 atom stereocenters. The van der Waals surface area contributed by atoms with Crippen molar-refractivity contribution >= 4 is 49.3 Å². The molecule has 0 saturated heterocycles. The SMILES string of the molecule is C1=CC(c2ccccc2)=CCC=C1Cc1ccc(-c2cccc3c2oc2ccccc23)cc1.Cc1cc(-c2ccccc2)cc(-c2ccc(-n3c4ccccc4c4ccccc43)cc2)c1-c1ccccc1. The van der Waals surface area contributed by atoms with E-state index in [0.29, 0.717) is 0 Å². The van der Waals surface area contributed by atoms with Gasteiger partial charge in [-0.15, -0.1) is 0 Å². The quantitative estimate of drug-likeness (QED) is 0.149. The van der Waals surface area contributed by atoms with Crippen LogP contribution >= 0.6 is 0 Å². The molecule has 0 bridgehead atoms. The second kappa shape index (κ2) is 19.2. The summed E-state index contributed by atoms with van der Waals surface area (Å²) in [5.41, 5.74) is 21.8. The van der Waals surface area contributed by atoms with Gasteiger partial charge in [0.15, 0.2) is 0 Å². The first kappa shape index (κ1) is 43.3. The van der Waals surface area contributed by atoms with Crippen molar-refractivity contribution in [1.82, 2.24) is 4.57 Å². The van der Waals surface area contributed by atoms with Crippen molar-refractivity contribution in [2.45, 2.75) is 19.8 Å². The van der Waals surface area contributed by atoms with Crippen molar-refractivity contribution < 1.29 is 4.42 Å². The zero-order valence-electron chi connectivity index (χ0n) is 39.7. The van der Waals surface area contributed by atoms with Crippen molar-refractivity contribution in [3.05, 3.63) is 289 Å². The summed E-state index contributed by atoms with van der Waals surface area (Å²) in [5.74, 6) is 0. The summed E-state index contributed by atoms with van der Waals surface area (Å²) in [4.78, 5) is 0. The number of nitrogens with zero attached hydrogens (tertiary/aromatic N) is 1. The number of rotatable bonds is 8. The number of aryl methyl sites for hydroxylation is 1. The van der Waals surface area contributed by atoms with Crippen molar-refractivity contribution in [2.24, 2.45) is 0 Å². The number of furan rings is 1. The molecule has 1 aliphatic carbocycles. The Bertz CT molecular complexity index is 3890.